The van der Waals surface area contributed by atoms with Gasteiger partial charge in [-0.1, -0.05) is 0 Å². The van der Waals surface area contributed by atoms with Gasteiger partial charge in [0, 0.05) is 26.6 Å². The van der Waals surface area contributed by atoms with Crippen LogP contribution in [-0.4, -0.2) is 31.9 Å². The molecule has 4 nitrogen and oxygen atoms in total. The molecule has 0 saturated carbocycles. The highest BCUT2D eigenvalue weighted by Crippen LogP contribution is 2.09. The third-order valence-corrected chi connectivity index (χ3v) is 2.10. The predicted octanol–water partition coefficient (Wildman–Crippen LogP) is 1.22. The van der Waals surface area contributed by atoms with Gasteiger partial charge in [0.05, 0.1) is 25.1 Å². The molecule has 1 rings (SSSR count). The van der Waals surface area contributed by atoms with Crippen molar-refractivity contribution in [2.75, 3.05) is 26.9 Å². The van der Waals surface area contributed by atoms with Gasteiger partial charge in [0.15, 0.2) is 0 Å². The van der Waals surface area contributed by atoms with Gasteiger partial charge in [-0.3, -0.25) is 4.98 Å². The Balaban J connectivity index is 2.27. The number of ether oxygens (including phenoxy) is 2. The van der Waals surface area contributed by atoms with Crippen molar-refractivity contribution >= 4 is 0 Å². The van der Waals surface area contributed by atoms with Crippen molar-refractivity contribution in [2.24, 2.45) is 0 Å². The van der Waals surface area contributed by atoms with E-state index in [0.29, 0.717) is 19.6 Å². The topological polar surface area (TPSA) is 43.4 Å². The maximum Gasteiger partial charge on any atom is 0.137 e. The van der Waals surface area contributed by atoms with Gasteiger partial charge in [0.2, 0.25) is 0 Å². The van der Waals surface area contributed by atoms with Gasteiger partial charge in [-0.2, -0.15) is 0 Å². The summed E-state index contributed by atoms with van der Waals surface area (Å²) >= 11 is 0. The molecule has 1 aromatic heterocycles. The van der Waals surface area contributed by atoms with Crippen LogP contribution in [0, 0.1) is 12.3 Å². The van der Waals surface area contributed by atoms with Gasteiger partial charge in [-0.15, -0.1) is 12.3 Å². The molecule has 0 fully saturated rings. The van der Waals surface area contributed by atoms with E-state index in [-0.39, 0.29) is 0 Å². The summed E-state index contributed by atoms with van der Waals surface area (Å²) in [5.74, 6) is 3.27. The zero-order valence-corrected chi connectivity index (χ0v) is 10.1. The van der Waals surface area contributed by atoms with Crippen molar-refractivity contribution in [1.29, 1.82) is 0 Å². The zero-order valence-electron chi connectivity index (χ0n) is 10.1. The van der Waals surface area contributed by atoms with Crippen LogP contribution in [0.15, 0.2) is 18.3 Å². The first-order valence-corrected chi connectivity index (χ1v) is 5.57. The van der Waals surface area contributed by atoms with Gasteiger partial charge in [-0.25, -0.2) is 0 Å². The Kier molecular flexibility index (Phi) is 6.80. The number of hydrogen-bond donors (Lipinski definition) is 1. The van der Waals surface area contributed by atoms with Crippen LogP contribution < -0.4 is 10.1 Å². The van der Waals surface area contributed by atoms with Gasteiger partial charge < -0.3 is 14.8 Å². The lowest BCUT2D eigenvalue weighted by molar-refractivity contribution is 0.199. The van der Waals surface area contributed by atoms with E-state index in [0.717, 1.165) is 24.5 Å². The third kappa shape index (κ3) is 5.91. The van der Waals surface area contributed by atoms with Gasteiger partial charge in [0.25, 0.3) is 0 Å². The molecule has 0 radical (unpaired) electrons. The standard InChI is InChI=1S/C13H18N2O2/c1-3-4-8-17-13-6-5-12(15-11-13)10-14-7-9-16-2/h1,5-6,11,14H,4,7-10H2,2H3. The molecule has 0 aliphatic heterocycles. The second-order valence-electron chi connectivity index (χ2n) is 3.46. The molecule has 1 aromatic rings. The van der Waals surface area contributed by atoms with E-state index in [4.69, 9.17) is 15.9 Å². The lowest BCUT2D eigenvalue weighted by atomic mass is 10.3. The smallest absolute Gasteiger partial charge is 0.137 e. The van der Waals surface area contributed by atoms with Crippen LogP contribution in [0.5, 0.6) is 5.75 Å². The molecule has 1 heterocycles. The second kappa shape index (κ2) is 8.57. The Morgan fingerprint density at radius 1 is 1.41 bits per heavy atom. The lowest BCUT2D eigenvalue weighted by Crippen LogP contribution is -2.19. The van der Waals surface area contributed by atoms with E-state index in [1.807, 2.05) is 12.1 Å². The number of terminal acetylenes is 1. The molecule has 0 aliphatic rings. The van der Waals surface area contributed by atoms with Crippen molar-refractivity contribution in [1.82, 2.24) is 10.3 Å². The van der Waals surface area contributed by atoms with Crippen molar-refractivity contribution in [3.63, 3.8) is 0 Å². The normalized spacial score (nSPS) is 9.88. The Labute approximate surface area is 102 Å². The number of nitrogens with one attached hydrogen (secondary N) is 1. The van der Waals surface area contributed by atoms with Crippen molar-refractivity contribution in [2.45, 2.75) is 13.0 Å². The van der Waals surface area contributed by atoms with Crippen LogP contribution in [0.2, 0.25) is 0 Å². The fourth-order valence-electron chi connectivity index (χ4n) is 1.22. The van der Waals surface area contributed by atoms with Gasteiger partial charge >= 0.3 is 0 Å². The summed E-state index contributed by atoms with van der Waals surface area (Å²) in [4.78, 5) is 4.28. The van der Waals surface area contributed by atoms with Crippen LogP contribution in [0.4, 0.5) is 0 Å². The van der Waals surface area contributed by atoms with Crippen LogP contribution in [0.1, 0.15) is 12.1 Å². The molecule has 92 valence electrons. The number of rotatable bonds is 8. The second-order valence-corrected chi connectivity index (χ2v) is 3.46. The molecule has 0 aromatic carbocycles. The summed E-state index contributed by atoms with van der Waals surface area (Å²) in [6.45, 7) is 2.78. The summed E-state index contributed by atoms with van der Waals surface area (Å²) in [5, 5.41) is 3.22. The molecular weight excluding hydrogens is 216 g/mol. The van der Waals surface area contributed by atoms with Crippen LogP contribution in [0.3, 0.4) is 0 Å². The number of pyridine rings is 1. The summed E-state index contributed by atoms with van der Waals surface area (Å²) in [6, 6.07) is 3.84. The van der Waals surface area contributed by atoms with E-state index in [9.17, 15) is 0 Å². The SMILES string of the molecule is C#CCCOc1ccc(CNCCOC)nc1. The van der Waals surface area contributed by atoms with Crippen LogP contribution in [0.25, 0.3) is 0 Å². The van der Waals surface area contributed by atoms with E-state index in [1.165, 1.54) is 0 Å². The Bertz CT molecular complexity index is 343. The maximum absolute atomic E-state index is 5.40. The molecule has 0 atom stereocenters. The minimum Gasteiger partial charge on any atom is -0.491 e. The fourth-order valence-corrected chi connectivity index (χ4v) is 1.22. The fraction of sp³-hybridized carbons (Fsp3) is 0.462. The molecule has 17 heavy (non-hydrogen) atoms. The molecule has 0 spiro atoms. The first kappa shape index (κ1) is 13.5. The average molecular weight is 234 g/mol. The molecule has 0 amide bonds. The number of aromatic nitrogens is 1. The number of methoxy groups -OCH3 is 1. The summed E-state index contributed by atoms with van der Waals surface area (Å²) < 4.78 is 10.3. The Morgan fingerprint density at radius 3 is 2.94 bits per heavy atom. The van der Waals surface area contributed by atoms with Crippen molar-refractivity contribution < 1.29 is 9.47 Å². The van der Waals surface area contributed by atoms with E-state index in [2.05, 4.69) is 16.2 Å². The quantitative estimate of drug-likeness (QED) is 0.542. The van der Waals surface area contributed by atoms with Crippen LogP contribution >= 0.6 is 0 Å². The van der Waals surface area contributed by atoms with Gasteiger partial charge in [0.1, 0.15) is 5.75 Å². The van der Waals surface area contributed by atoms with E-state index in [1.54, 1.807) is 13.3 Å². The van der Waals surface area contributed by atoms with E-state index >= 15 is 0 Å². The molecule has 1 N–H and O–H groups in total. The first-order valence-electron chi connectivity index (χ1n) is 5.57. The van der Waals surface area contributed by atoms with Crippen molar-refractivity contribution in [3.05, 3.63) is 24.0 Å². The minimum absolute atomic E-state index is 0.531. The zero-order chi connectivity index (χ0) is 12.3. The highest BCUT2D eigenvalue weighted by molar-refractivity contribution is 5.19. The first-order chi connectivity index (χ1) is 8.36. The maximum atomic E-state index is 5.40. The minimum atomic E-state index is 0.531. The lowest BCUT2D eigenvalue weighted by Gasteiger charge is -2.06. The van der Waals surface area contributed by atoms with Gasteiger partial charge in [-0.05, 0) is 12.1 Å². The molecular formula is C13H18N2O2. The number of hydrogen-bond acceptors (Lipinski definition) is 4. The molecule has 0 bridgehead atoms. The van der Waals surface area contributed by atoms with E-state index < -0.39 is 0 Å². The summed E-state index contributed by atoms with van der Waals surface area (Å²) in [5.41, 5.74) is 0.977. The van der Waals surface area contributed by atoms with Crippen molar-refractivity contribution in [3.8, 4) is 18.1 Å². The monoisotopic (exact) mass is 234 g/mol. The Hall–Kier alpha value is -1.57. The van der Waals surface area contributed by atoms with Crippen LogP contribution in [-0.2, 0) is 11.3 Å². The average Bonchev–Trinajstić information content (AvgIpc) is 2.37. The summed E-state index contributed by atoms with van der Waals surface area (Å²) in [7, 11) is 1.68. The highest BCUT2D eigenvalue weighted by Gasteiger charge is 1.96. The third-order valence-electron chi connectivity index (χ3n) is 2.10. The Morgan fingerprint density at radius 2 is 2.29 bits per heavy atom. The molecule has 0 saturated heterocycles. The largest absolute Gasteiger partial charge is 0.491 e. The number of nitrogens with zero attached hydrogens (tertiary/aromatic N) is 1. The predicted molar refractivity (Wildman–Crippen MR) is 66.8 cm³/mol. The molecule has 4 heteroatoms. The summed E-state index contributed by atoms with van der Waals surface area (Å²) in [6.07, 6.45) is 7.46. The molecule has 0 unspecified atom stereocenters. The molecule has 0 aliphatic carbocycles. The highest BCUT2D eigenvalue weighted by atomic mass is 16.5.